The van der Waals surface area contributed by atoms with Gasteiger partial charge in [0.2, 0.25) is 0 Å². The number of aldehydes is 1. The molecule has 0 fully saturated rings. The Morgan fingerprint density at radius 2 is 1.48 bits per heavy atom. The maximum atomic E-state index is 10.5. The number of rotatable bonds is 6. The summed E-state index contributed by atoms with van der Waals surface area (Å²) in [6, 6.07) is 15.5. The van der Waals surface area contributed by atoms with E-state index in [4.69, 9.17) is 4.98 Å². The van der Waals surface area contributed by atoms with E-state index in [1.54, 1.807) is 24.2 Å². The van der Waals surface area contributed by atoms with Gasteiger partial charge in [0, 0.05) is 29.5 Å². The molecule has 4 nitrogen and oxygen atoms in total. The second-order valence-corrected chi connectivity index (χ2v) is 5.98. The summed E-state index contributed by atoms with van der Waals surface area (Å²) in [4.78, 5) is 25.0. The van der Waals surface area contributed by atoms with Crippen molar-refractivity contribution in [2.75, 3.05) is 5.75 Å². The monoisotopic (exact) mass is 321 g/mol. The number of nitrogens with zero attached hydrogens (tertiary/aromatic N) is 3. The fourth-order valence-electron chi connectivity index (χ4n) is 2.10. The van der Waals surface area contributed by atoms with Gasteiger partial charge in [-0.3, -0.25) is 9.97 Å². The first-order chi connectivity index (χ1) is 11.4. The molecule has 5 heteroatoms. The van der Waals surface area contributed by atoms with Gasteiger partial charge in [-0.15, -0.1) is 11.8 Å². The Kier molecular flexibility index (Phi) is 5.11. The van der Waals surface area contributed by atoms with Crippen molar-refractivity contribution in [3.63, 3.8) is 0 Å². The van der Waals surface area contributed by atoms with Gasteiger partial charge in [0.1, 0.15) is 6.29 Å². The summed E-state index contributed by atoms with van der Waals surface area (Å²) in [7, 11) is 0. The van der Waals surface area contributed by atoms with E-state index in [9.17, 15) is 4.79 Å². The number of hydrogen-bond donors (Lipinski definition) is 0. The second kappa shape index (κ2) is 7.65. The number of pyridine rings is 3. The van der Waals surface area contributed by atoms with Crippen LogP contribution in [0.25, 0.3) is 22.8 Å². The van der Waals surface area contributed by atoms with E-state index in [-0.39, 0.29) is 0 Å². The van der Waals surface area contributed by atoms with E-state index in [0.717, 1.165) is 39.7 Å². The topological polar surface area (TPSA) is 55.7 Å². The molecular formula is C18H15N3OS. The van der Waals surface area contributed by atoms with Gasteiger partial charge in [0.05, 0.1) is 22.8 Å². The Morgan fingerprint density at radius 3 is 1.96 bits per heavy atom. The van der Waals surface area contributed by atoms with Crippen LogP contribution in [0.2, 0.25) is 0 Å². The maximum absolute atomic E-state index is 10.5. The molecule has 3 aromatic heterocycles. The predicted octanol–water partition coefficient (Wildman–Crippen LogP) is 3.89. The van der Waals surface area contributed by atoms with Gasteiger partial charge in [-0.2, -0.15) is 0 Å². The lowest BCUT2D eigenvalue weighted by Gasteiger charge is -2.08. The molecule has 23 heavy (non-hydrogen) atoms. The van der Waals surface area contributed by atoms with E-state index in [2.05, 4.69) is 9.97 Å². The SMILES string of the molecule is O=CCCSc1cc(-c2ccccn2)nc(-c2ccccn2)c1. The van der Waals surface area contributed by atoms with Crippen LogP contribution in [0.1, 0.15) is 6.42 Å². The zero-order valence-electron chi connectivity index (χ0n) is 12.4. The van der Waals surface area contributed by atoms with Crippen molar-refractivity contribution in [3.8, 4) is 22.8 Å². The summed E-state index contributed by atoms with van der Waals surface area (Å²) >= 11 is 1.64. The Labute approximate surface area is 139 Å². The Balaban J connectivity index is 2.01. The fourth-order valence-corrected chi connectivity index (χ4v) is 2.94. The van der Waals surface area contributed by atoms with Crippen molar-refractivity contribution < 1.29 is 4.79 Å². The van der Waals surface area contributed by atoms with Gasteiger partial charge < -0.3 is 4.79 Å². The second-order valence-electron chi connectivity index (χ2n) is 4.81. The molecule has 0 bridgehead atoms. The fraction of sp³-hybridized carbons (Fsp3) is 0.111. The van der Waals surface area contributed by atoms with Crippen LogP contribution in [0.15, 0.2) is 65.8 Å². The zero-order valence-corrected chi connectivity index (χ0v) is 13.2. The molecule has 0 radical (unpaired) electrons. The molecular weight excluding hydrogens is 306 g/mol. The molecule has 3 heterocycles. The van der Waals surface area contributed by atoms with E-state index in [0.29, 0.717) is 6.42 Å². The highest BCUT2D eigenvalue weighted by atomic mass is 32.2. The lowest BCUT2D eigenvalue weighted by atomic mass is 10.2. The third-order valence-corrected chi connectivity index (χ3v) is 4.17. The summed E-state index contributed by atoms with van der Waals surface area (Å²) < 4.78 is 0. The molecule has 0 aliphatic heterocycles. The van der Waals surface area contributed by atoms with Crippen molar-refractivity contribution in [3.05, 3.63) is 60.9 Å². The number of carbonyl (C=O) groups excluding carboxylic acids is 1. The lowest BCUT2D eigenvalue weighted by molar-refractivity contribution is -0.107. The highest BCUT2D eigenvalue weighted by Crippen LogP contribution is 2.28. The highest BCUT2D eigenvalue weighted by molar-refractivity contribution is 7.99. The number of thioether (sulfide) groups is 1. The molecule has 114 valence electrons. The molecule has 0 atom stereocenters. The summed E-state index contributed by atoms with van der Waals surface area (Å²) in [5.41, 5.74) is 3.26. The number of carbonyl (C=O) groups is 1. The molecule has 0 saturated heterocycles. The number of hydrogen-bond acceptors (Lipinski definition) is 5. The van der Waals surface area contributed by atoms with E-state index in [1.807, 2.05) is 48.5 Å². The molecule has 3 aromatic rings. The van der Waals surface area contributed by atoms with Gasteiger partial charge >= 0.3 is 0 Å². The molecule has 3 rings (SSSR count). The smallest absolute Gasteiger partial charge is 0.120 e. The Hall–Kier alpha value is -2.53. The molecule has 0 aliphatic rings. The van der Waals surface area contributed by atoms with Crippen LogP contribution in [-0.2, 0) is 4.79 Å². The minimum atomic E-state index is 0.533. The average molecular weight is 321 g/mol. The van der Waals surface area contributed by atoms with Gasteiger partial charge in [-0.05, 0) is 36.4 Å². The molecule has 0 spiro atoms. The summed E-state index contributed by atoms with van der Waals surface area (Å²) in [5, 5.41) is 0. The molecule has 0 amide bonds. The van der Waals surface area contributed by atoms with Crippen molar-refractivity contribution in [2.45, 2.75) is 11.3 Å². The molecule has 0 aliphatic carbocycles. The molecule has 0 N–H and O–H groups in total. The van der Waals surface area contributed by atoms with Crippen molar-refractivity contribution in [1.29, 1.82) is 0 Å². The standard InChI is InChI=1S/C18H15N3OS/c22-10-5-11-23-14-12-17(15-6-1-3-8-19-15)21-18(13-14)16-7-2-4-9-20-16/h1-4,6-10,12-13H,5,11H2. The Morgan fingerprint density at radius 1 is 0.870 bits per heavy atom. The summed E-state index contributed by atoms with van der Waals surface area (Å²) in [6.45, 7) is 0. The molecule has 0 aromatic carbocycles. The molecule has 0 saturated carbocycles. The number of aromatic nitrogens is 3. The normalized spacial score (nSPS) is 10.4. The minimum Gasteiger partial charge on any atom is -0.303 e. The van der Waals surface area contributed by atoms with E-state index in [1.165, 1.54) is 0 Å². The van der Waals surface area contributed by atoms with Gasteiger partial charge in [-0.1, -0.05) is 12.1 Å². The van der Waals surface area contributed by atoms with Crippen molar-refractivity contribution >= 4 is 18.0 Å². The van der Waals surface area contributed by atoms with Crippen LogP contribution in [0.4, 0.5) is 0 Å². The molecule has 0 unspecified atom stereocenters. The lowest BCUT2D eigenvalue weighted by Crippen LogP contribution is -1.93. The van der Waals surface area contributed by atoms with Crippen molar-refractivity contribution in [2.24, 2.45) is 0 Å². The van der Waals surface area contributed by atoms with Crippen LogP contribution >= 0.6 is 11.8 Å². The van der Waals surface area contributed by atoms with Crippen LogP contribution in [-0.4, -0.2) is 27.0 Å². The average Bonchev–Trinajstić information content (AvgIpc) is 2.63. The third-order valence-electron chi connectivity index (χ3n) is 3.16. The quantitative estimate of drug-likeness (QED) is 0.392. The summed E-state index contributed by atoms with van der Waals surface area (Å²) in [5.74, 6) is 0.747. The highest BCUT2D eigenvalue weighted by Gasteiger charge is 2.09. The van der Waals surface area contributed by atoms with Crippen LogP contribution < -0.4 is 0 Å². The van der Waals surface area contributed by atoms with Crippen LogP contribution in [0.3, 0.4) is 0 Å². The van der Waals surface area contributed by atoms with E-state index < -0.39 is 0 Å². The first-order valence-electron chi connectivity index (χ1n) is 7.28. The third kappa shape index (κ3) is 4.02. The van der Waals surface area contributed by atoms with Gasteiger partial charge in [0.25, 0.3) is 0 Å². The van der Waals surface area contributed by atoms with Crippen LogP contribution in [0.5, 0.6) is 0 Å². The van der Waals surface area contributed by atoms with Gasteiger partial charge in [-0.25, -0.2) is 4.98 Å². The van der Waals surface area contributed by atoms with E-state index >= 15 is 0 Å². The minimum absolute atomic E-state index is 0.533. The maximum Gasteiger partial charge on any atom is 0.120 e. The largest absolute Gasteiger partial charge is 0.303 e. The first-order valence-corrected chi connectivity index (χ1v) is 8.27. The first kappa shape index (κ1) is 15.4. The van der Waals surface area contributed by atoms with Crippen molar-refractivity contribution in [1.82, 2.24) is 15.0 Å². The zero-order chi connectivity index (χ0) is 15.9. The summed E-state index contributed by atoms with van der Waals surface area (Å²) in [6.07, 6.45) is 4.98. The Bertz CT molecular complexity index is 721. The van der Waals surface area contributed by atoms with Gasteiger partial charge in [0.15, 0.2) is 0 Å². The predicted molar refractivity (Wildman–Crippen MR) is 92.1 cm³/mol. The van der Waals surface area contributed by atoms with Crippen LogP contribution in [0, 0.1) is 0 Å².